The zero-order valence-corrected chi connectivity index (χ0v) is 15.0. The number of carbonyl (C=O) groups excluding carboxylic acids is 4. The second-order valence-electron chi connectivity index (χ2n) is 5.83. The summed E-state index contributed by atoms with van der Waals surface area (Å²) in [6.07, 6.45) is -1.98. The highest BCUT2D eigenvalue weighted by Crippen LogP contribution is 1.98. The number of aliphatic hydroxyl groups excluding tert-OH is 3. The Kier molecular flexibility index (Phi) is 10.6. The number of nitrogens with two attached hydrogens (primary N) is 2. The van der Waals surface area contributed by atoms with Crippen molar-refractivity contribution < 1.29 is 44.4 Å². The number of rotatable bonds is 12. The summed E-state index contributed by atoms with van der Waals surface area (Å²) in [4.78, 5) is 57.7. The van der Waals surface area contributed by atoms with Crippen molar-refractivity contribution in [3.8, 4) is 0 Å². The molecule has 11 N–H and O–H groups in total. The molecule has 0 spiro atoms. The summed E-state index contributed by atoms with van der Waals surface area (Å²) in [5.41, 5.74) is 10.3. The fourth-order valence-electron chi connectivity index (χ4n) is 1.89. The van der Waals surface area contributed by atoms with Crippen LogP contribution in [0.2, 0.25) is 0 Å². The summed E-state index contributed by atoms with van der Waals surface area (Å²) >= 11 is 0. The van der Waals surface area contributed by atoms with Gasteiger partial charge in [0.2, 0.25) is 23.6 Å². The van der Waals surface area contributed by atoms with E-state index < -0.39 is 79.5 Å². The van der Waals surface area contributed by atoms with Crippen molar-refractivity contribution in [2.24, 2.45) is 11.5 Å². The molecule has 0 fully saturated rings. The predicted octanol–water partition coefficient (Wildman–Crippen LogP) is -5.91. The Bertz CT molecular complexity index is 598. The molecule has 0 aliphatic heterocycles. The van der Waals surface area contributed by atoms with Crippen molar-refractivity contribution in [3.05, 3.63) is 0 Å². The SMILES string of the molecule is CC(O)C(NC(=O)C(N)CC(N)=O)C(=O)NC(CO)C(=O)NC(CO)C(=O)O. The summed E-state index contributed by atoms with van der Waals surface area (Å²) in [5, 5.41) is 42.6. The average Bonchev–Trinajstić information content (AvgIpc) is 2.59. The molecule has 0 aliphatic rings. The molecule has 28 heavy (non-hydrogen) atoms. The van der Waals surface area contributed by atoms with E-state index >= 15 is 0 Å². The molecule has 5 unspecified atom stereocenters. The molecule has 0 aromatic rings. The first-order valence-electron chi connectivity index (χ1n) is 8.02. The molecule has 0 radical (unpaired) electrons. The van der Waals surface area contributed by atoms with Crippen molar-refractivity contribution in [2.45, 2.75) is 43.6 Å². The molecule has 0 saturated heterocycles. The zero-order valence-electron chi connectivity index (χ0n) is 15.0. The highest BCUT2D eigenvalue weighted by Gasteiger charge is 2.32. The van der Waals surface area contributed by atoms with Gasteiger partial charge in [-0.25, -0.2) is 4.79 Å². The lowest BCUT2D eigenvalue weighted by molar-refractivity contribution is -0.143. The summed E-state index contributed by atoms with van der Waals surface area (Å²) in [6.45, 7) is -0.737. The van der Waals surface area contributed by atoms with Crippen LogP contribution in [0.3, 0.4) is 0 Å². The summed E-state index contributed by atoms with van der Waals surface area (Å²) in [6, 6.07) is -6.30. The smallest absolute Gasteiger partial charge is 0.328 e. The normalized spacial score (nSPS) is 16.0. The van der Waals surface area contributed by atoms with Crippen molar-refractivity contribution in [1.82, 2.24) is 16.0 Å². The number of nitrogens with one attached hydrogen (secondary N) is 3. The Morgan fingerprint density at radius 2 is 1.39 bits per heavy atom. The van der Waals surface area contributed by atoms with E-state index in [-0.39, 0.29) is 0 Å². The van der Waals surface area contributed by atoms with Gasteiger partial charge < -0.3 is 47.8 Å². The molecule has 0 rings (SSSR count). The number of amides is 4. The van der Waals surface area contributed by atoms with E-state index in [0.29, 0.717) is 0 Å². The number of hydrogen-bond acceptors (Lipinski definition) is 9. The second kappa shape index (κ2) is 11.8. The molecule has 0 saturated carbocycles. The minimum atomic E-state index is -1.67. The van der Waals surface area contributed by atoms with Crippen LogP contribution >= 0.6 is 0 Å². The van der Waals surface area contributed by atoms with Gasteiger partial charge in [0.1, 0.15) is 18.1 Å². The number of carbonyl (C=O) groups is 5. The number of aliphatic hydroxyl groups is 3. The van der Waals surface area contributed by atoms with Crippen LogP contribution in [-0.2, 0) is 24.0 Å². The molecule has 14 heteroatoms. The average molecular weight is 407 g/mol. The van der Waals surface area contributed by atoms with Gasteiger partial charge in [0.05, 0.1) is 31.8 Å². The Balaban J connectivity index is 5.09. The lowest BCUT2D eigenvalue weighted by Gasteiger charge is -2.25. The Hall–Kier alpha value is -2.81. The van der Waals surface area contributed by atoms with Crippen molar-refractivity contribution >= 4 is 29.6 Å². The summed E-state index contributed by atoms with van der Waals surface area (Å²) in [7, 11) is 0. The van der Waals surface area contributed by atoms with Crippen molar-refractivity contribution in [1.29, 1.82) is 0 Å². The van der Waals surface area contributed by atoms with Crippen molar-refractivity contribution in [2.75, 3.05) is 13.2 Å². The van der Waals surface area contributed by atoms with Crippen LogP contribution in [0, 0.1) is 0 Å². The molecular formula is C14H25N5O9. The first-order chi connectivity index (χ1) is 12.9. The first kappa shape index (κ1) is 25.2. The largest absolute Gasteiger partial charge is 0.480 e. The van der Waals surface area contributed by atoms with Gasteiger partial charge in [0.25, 0.3) is 0 Å². The van der Waals surface area contributed by atoms with E-state index in [1.54, 1.807) is 0 Å². The molecule has 0 aromatic heterocycles. The molecule has 4 amide bonds. The Labute approximate surface area is 159 Å². The molecule has 0 bridgehead atoms. The van der Waals surface area contributed by atoms with Gasteiger partial charge in [-0.05, 0) is 6.92 Å². The minimum Gasteiger partial charge on any atom is -0.480 e. The number of carboxylic acids is 1. The van der Waals surface area contributed by atoms with E-state index in [2.05, 4.69) is 5.32 Å². The maximum Gasteiger partial charge on any atom is 0.328 e. The van der Waals surface area contributed by atoms with Crippen LogP contribution in [-0.4, -0.2) is 93.5 Å². The molecule has 5 atom stereocenters. The van der Waals surface area contributed by atoms with E-state index in [4.69, 9.17) is 21.7 Å². The van der Waals surface area contributed by atoms with Crippen LogP contribution in [0.15, 0.2) is 0 Å². The highest BCUT2D eigenvalue weighted by molar-refractivity contribution is 5.95. The third-order valence-electron chi connectivity index (χ3n) is 3.43. The van der Waals surface area contributed by atoms with Gasteiger partial charge in [-0.1, -0.05) is 0 Å². The number of carboxylic acid groups (broad SMARTS) is 1. The van der Waals surface area contributed by atoms with Gasteiger partial charge in [-0.2, -0.15) is 0 Å². The van der Waals surface area contributed by atoms with Gasteiger partial charge in [0.15, 0.2) is 0 Å². The van der Waals surface area contributed by atoms with Gasteiger partial charge in [-0.15, -0.1) is 0 Å². The van der Waals surface area contributed by atoms with Gasteiger partial charge >= 0.3 is 5.97 Å². The molecule has 14 nitrogen and oxygen atoms in total. The van der Waals surface area contributed by atoms with E-state index in [9.17, 15) is 34.2 Å². The van der Waals surface area contributed by atoms with Crippen LogP contribution < -0.4 is 27.4 Å². The first-order valence-corrected chi connectivity index (χ1v) is 8.02. The fraction of sp³-hybridized carbons (Fsp3) is 0.643. The summed E-state index contributed by atoms with van der Waals surface area (Å²) < 4.78 is 0. The third-order valence-corrected chi connectivity index (χ3v) is 3.43. The number of primary amides is 1. The van der Waals surface area contributed by atoms with Crippen LogP contribution in [0.1, 0.15) is 13.3 Å². The van der Waals surface area contributed by atoms with E-state index in [0.717, 1.165) is 6.92 Å². The molecule has 0 heterocycles. The quantitative estimate of drug-likeness (QED) is 0.148. The lowest BCUT2D eigenvalue weighted by atomic mass is 10.1. The predicted molar refractivity (Wildman–Crippen MR) is 91.1 cm³/mol. The Morgan fingerprint density at radius 1 is 0.893 bits per heavy atom. The molecule has 0 aliphatic carbocycles. The standard InChI is InChI=1S/C14H25N5O9/c1-5(22)10(19-11(24)6(15)2-9(16)23)13(26)17-7(3-20)12(25)18-8(4-21)14(27)28/h5-8,10,20-22H,2-4,15H2,1H3,(H2,16,23)(H,17,26)(H,18,25)(H,19,24)(H,27,28). The monoisotopic (exact) mass is 407 g/mol. The minimum absolute atomic E-state index is 0.514. The maximum atomic E-state index is 12.3. The third kappa shape index (κ3) is 8.26. The number of hydrogen-bond donors (Lipinski definition) is 9. The second-order valence-corrected chi connectivity index (χ2v) is 5.83. The molecule has 160 valence electrons. The lowest BCUT2D eigenvalue weighted by Crippen LogP contribution is -2.60. The number of aliphatic carboxylic acids is 1. The molecular weight excluding hydrogens is 382 g/mol. The van der Waals surface area contributed by atoms with Crippen molar-refractivity contribution in [3.63, 3.8) is 0 Å². The zero-order chi connectivity index (χ0) is 22.0. The van der Waals surface area contributed by atoms with E-state index in [1.165, 1.54) is 0 Å². The summed E-state index contributed by atoms with van der Waals surface area (Å²) in [5.74, 6) is -5.61. The van der Waals surface area contributed by atoms with Crippen LogP contribution in [0.4, 0.5) is 0 Å². The maximum absolute atomic E-state index is 12.3. The van der Waals surface area contributed by atoms with E-state index in [1.807, 2.05) is 10.6 Å². The van der Waals surface area contributed by atoms with Crippen LogP contribution in [0.5, 0.6) is 0 Å². The highest BCUT2D eigenvalue weighted by atomic mass is 16.4. The van der Waals surface area contributed by atoms with Gasteiger partial charge in [-0.3, -0.25) is 19.2 Å². The topological polar surface area (TPSA) is 254 Å². The fourth-order valence-corrected chi connectivity index (χ4v) is 1.89. The van der Waals surface area contributed by atoms with Crippen LogP contribution in [0.25, 0.3) is 0 Å². The Morgan fingerprint density at radius 3 is 1.79 bits per heavy atom. The van der Waals surface area contributed by atoms with Gasteiger partial charge in [0, 0.05) is 0 Å². The molecule has 0 aromatic carbocycles.